The van der Waals surface area contributed by atoms with Crippen LogP contribution < -0.4 is 0 Å². The van der Waals surface area contributed by atoms with E-state index < -0.39 is 0 Å². The summed E-state index contributed by atoms with van der Waals surface area (Å²) in [6.45, 7) is 0. The van der Waals surface area contributed by atoms with Gasteiger partial charge in [0.2, 0.25) is 0 Å². The fourth-order valence-electron chi connectivity index (χ4n) is 2.46. The van der Waals surface area contributed by atoms with Gasteiger partial charge in [0, 0.05) is 0 Å². The molecule has 0 spiro atoms. The first kappa shape index (κ1) is 16.7. The highest BCUT2D eigenvalue weighted by atomic mass is 16.5. The molecule has 4 nitrogen and oxygen atoms in total. The molecule has 2 aromatic rings. The summed E-state index contributed by atoms with van der Waals surface area (Å²) in [6, 6.07) is 15.3. The van der Waals surface area contributed by atoms with Gasteiger partial charge in [0.15, 0.2) is 0 Å². The van der Waals surface area contributed by atoms with Gasteiger partial charge in [-0.05, 0) is 35.6 Å². The van der Waals surface area contributed by atoms with Gasteiger partial charge in [0.1, 0.15) is 0 Å². The van der Waals surface area contributed by atoms with Crippen molar-refractivity contribution in [2.75, 3.05) is 14.2 Å². The molecular weight excluding hydrogens is 292 g/mol. The van der Waals surface area contributed by atoms with E-state index in [-0.39, 0.29) is 18.4 Å². The molecule has 4 heteroatoms. The molecule has 120 valence electrons. The third-order valence-electron chi connectivity index (χ3n) is 3.67. The van der Waals surface area contributed by atoms with E-state index >= 15 is 0 Å². The van der Waals surface area contributed by atoms with Gasteiger partial charge in [-0.3, -0.25) is 4.79 Å². The van der Waals surface area contributed by atoms with Crippen LogP contribution in [0.15, 0.2) is 48.5 Å². The topological polar surface area (TPSA) is 52.6 Å². The maximum Gasteiger partial charge on any atom is 0.338 e. The van der Waals surface area contributed by atoms with Gasteiger partial charge in [-0.1, -0.05) is 42.5 Å². The van der Waals surface area contributed by atoms with Crippen LogP contribution in [0.4, 0.5) is 0 Å². The van der Waals surface area contributed by atoms with Crippen molar-refractivity contribution in [1.82, 2.24) is 0 Å². The van der Waals surface area contributed by atoms with E-state index in [9.17, 15) is 9.59 Å². The number of carbonyl (C=O) groups excluding carboxylic acids is 2. The Morgan fingerprint density at radius 2 is 1.61 bits per heavy atom. The molecule has 0 bridgehead atoms. The van der Waals surface area contributed by atoms with Crippen molar-refractivity contribution in [1.29, 1.82) is 0 Å². The molecule has 0 unspecified atom stereocenters. The lowest BCUT2D eigenvalue weighted by atomic mass is 9.98. The number of carbonyl (C=O) groups is 2. The lowest BCUT2D eigenvalue weighted by Gasteiger charge is -2.08. The Morgan fingerprint density at radius 3 is 2.35 bits per heavy atom. The molecule has 0 fully saturated rings. The number of methoxy groups -OCH3 is 2. The van der Waals surface area contributed by atoms with Crippen molar-refractivity contribution < 1.29 is 19.1 Å². The Kier molecular flexibility index (Phi) is 5.92. The van der Waals surface area contributed by atoms with E-state index in [0.717, 1.165) is 29.5 Å². The fourth-order valence-corrected chi connectivity index (χ4v) is 2.46. The second-order valence-corrected chi connectivity index (χ2v) is 5.22. The first-order valence-corrected chi connectivity index (χ1v) is 7.45. The average Bonchev–Trinajstić information content (AvgIpc) is 2.59. The normalized spacial score (nSPS) is 10.2. The van der Waals surface area contributed by atoms with Crippen molar-refractivity contribution >= 4 is 11.9 Å². The van der Waals surface area contributed by atoms with Gasteiger partial charge in [0.25, 0.3) is 0 Å². The van der Waals surface area contributed by atoms with Crippen molar-refractivity contribution in [3.8, 4) is 0 Å². The van der Waals surface area contributed by atoms with E-state index in [4.69, 9.17) is 4.74 Å². The largest absolute Gasteiger partial charge is 0.469 e. The lowest BCUT2D eigenvalue weighted by Crippen LogP contribution is -2.07. The Morgan fingerprint density at radius 1 is 0.870 bits per heavy atom. The van der Waals surface area contributed by atoms with E-state index in [1.165, 1.54) is 14.2 Å². The number of aryl methyl sites for hydroxylation is 2. The molecule has 2 rings (SSSR count). The summed E-state index contributed by atoms with van der Waals surface area (Å²) in [6.07, 6.45) is 1.78. The maximum absolute atomic E-state index is 11.8. The monoisotopic (exact) mass is 312 g/mol. The van der Waals surface area contributed by atoms with Gasteiger partial charge < -0.3 is 9.47 Å². The highest BCUT2D eigenvalue weighted by Gasteiger charge is 2.11. The van der Waals surface area contributed by atoms with Crippen LogP contribution in [-0.4, -0.2) is 26.2 Å². The zero-order valence-corrected chi connectivity index (χ0v) is 13.4. The van der Waals surface area contributed by atoms with E-state index in [0.29, 0.717) is 5.56 Å². The number of esters is 2. The summed E-state index contributed by atoms with van der Waals surface area (Å²) >= 11 is 0. The lowest BCUT2D eigenvalue weighted by molar-refractivity contribution is -0.139. The second kappa shape index (κ2) is 8.13. The molecule has 0 saturated carbocycles. The Balaban J connectivity index is 2.08. The minimum absolute atomic E-state index is 0.252. The predicted molar refractivity (Wildman–Crippen MR) is 87.4 cm³/mol. The molecule has 0 radical (unpaired) electrons. The Bertz CT molecular complexity index is 691. The molecule has 0 aliphatic heterocycles. The van der Waals surface area contributed by atoms with Gasteiger partial charge in [-0.25, -0.2) is 4.79 Å². The zero-order valence-electron chi connectivity index (χ0n) is 13.4. The predicted octanol–water partition coefficient (Wildman–Crippen LogP) is 2.97. The average molecular weight is 312 g/mol. The van der Waals surface area contributed by atoms with Crippen LogP contribution in [-0.2, 0) is 33.5 Å². The SMILES string of the molecule is COC(=O)Cc1cccc(CCc2ccccc2C(=O)OC)c1. The van der Waals surface area contributed by atoms with Crippen LogP contribution in [0.1, 0.15) is 27.0 Å². The molecule has 0 aliphatic rings. The first-order chi connectivity index (χ1) is 11.1. The van der Waals surface area contributed by atoms with Crippen LogP contribution in [0.5, 0.6) is 0 Å². The molecular formula is C19H20O4. The highest BCUT2D eigenvalue weighted by Crippen LogP contribution is 2.15. The molecule has 0 atom stereocenters. The molecule has 0 aliphatic carbocycles. The van der Waals surface area contributed by atoms with Crippen molar-refractivity contribution in [2.45, 2.75) is 19.3 Å². The smallest absolute Gasteiger partial charge is 0.338 e. The summed E-state index contributed by atoms with van der Waals surface area (Å²) in [5.41, 5.74) is 3.60. The molecule has 23 heavy (non-hydrogen) atoms. The number of benzene rings is 2. The minimum atomic E-state index is -0.319. The van der Waals surface area contributed by atoms with Crippen molar-refractivity contribution in [3.05, 3.63) is 70.8 Å². The van der Waals surface area contributed by atoms with Gasteiger partial charge in [0.05, 0.1) is 26.2 Å². The maximum atomic E-state index is 11.8. The number of ether oxygens (including phenoxy) is 2. The van der Waals surface area contributed by atoms with Gasteiger partial charge in [-0.2, -0.15) is 0 Å². The second-order valence-electron chi connectivity index (χ2n) is 5.22. The first-order valence-electron chi connectivity index (χ1n) is 7.45. The summed E-state index contributed by atoms with van der Waals surface area (Å²) in [7, 11) is 2.77. The molecule has 2 aromatic carbocycles. The van der Waals surface area contributed by atoms with Crippen LogP contribution in [0.3, 0.4) is 0 Å². The Labute approximate surface area is 136 Å². The van der Waals surface area contributed by atoms with E-state index in [1.807, 2.05) is 42.5 Å². The van der Waals surface area contributed by atoms with Crippen LogP contribution in [0.25, 0.3) is 0 Å². The van der Waals surface area contributed by atoms with E-state index in [2.05, 4.69) is 4.74 Å². The minimum Gasteiger partial charge on any atom is -0.469 e. The quantitative estimate of drug-likeness (QED) is 0.770. The summed E-state index contributed by atoms with van der Waals surface area (Å²) in [5, 5.41) is 0. The van der Waals surface area contributed by atoms with E-state index in [1.54, 1.807) is 6.07 Å². The third-order valence-corrected chi connectivity index (χ3v) is 3.67. The van der Waals surface area contributed by atoms with Crippen LogP contribution in [0, 0.1) is 0 Å². The molecule has 0 saturated heterocycles. The highest BCUT2D eigenvalue weighted by molar-refractivity contribution is 5.91. The number of rotatable bonds is 6. The molecule has 0 heterocycles. The van der Waals surface area contributed by atoms with Gasteiger partial charge in [-0.15, -0.1) is 0 Å². The zero-order chi connectivity index (χ0) is 16.7. The molecule has 0 amide bonds. The summed E-state index contributed by atoms with van der Waals surface area (Å²) < 4.78 is 9.50. The van der Waals surface area contributed by atoms with Crippen LogP contribution in [0.2, 0.25) is 0 Å². The molecule has 0 aromatic heterocycles. The van der Waals surface area contributed by atoms with Gasteiger partial charge >= 0.3 is 11.9 Å². The van der Waals surface area contributed by atoms with Crippen LogP contribution >= 0.6 is 0 Å². The van der Waals surface area contributed by atoms with Crippen molar-refractivity contribution in [2.24, 2.45) is 0 Å². The summed E-state index contributed by atoms with van der Waals surface area (Å²) in [4.78, 5) is 23.1. The number of hydrogen-bond acceptors (Lipinski definition) is 4. The number of hydrogen-bond donors (Lipinski definition) is 0. The van der Waals surface area contributed by atoms with Crippen molar-refractivity contribution in [3.63, 3.8) is 0 Å². The summed E-state index contributed by atoms with van der Waals surface area (Å²) in [5.74, 6) is -0.571. The molecule has 0 N–H and O–H groups in total. The third kappa shape index (κ3) is 4.68. The fraction of sp³-hybridized carbons (Fsp3) is 0.263. The standard InChI is InChI=1S/C19H20O4/c1-22-18(20)13-15-7-5-6-14(12-15)10-11-16-8-3-4-9-17(16)19(21)23-2/h3-9,12H,10-11,13H2,1-2H3. The Hall–Kier alpha value is -2.62.